The fraction of sp³-hybridized carbons (Fsp3) is 0.438. The van der Waals surface area contributed by atoms with E-state index in [-0.39, 0.29) is 11.8 Å². The normalized spacial score (nSPS) is 14.5. The van der Waals surface area contributed by atoms with Gasteiger partial charge in [0.05, 0.1) is 11.9 Å². The Labute approximate surface area is 151 Å². The standard InChI is InChI=1S/C16H20N4O3S2/c1-10(2)15-18-19-16(24-15)17-14(21)12-6-7-13-11(9-12)5-4-8-20(13)25(3,22)23/h6-7,9-10H,4-5,8H2,1-3H3,(H,17,19,21). The molecule has 1 N–H and O–H groups in total. The lowest BCUT2D eigenvalue weighted by Gasteiger charge is -2.29. The molecule has 1 aliphatic heterocycles. The van der Waals surface area contributed by atoms with Gasteiger partial charge in [0.1, 0.15) is 5.01 Å². The van der Waals surface area contributed by atoms with Gasteiger partial charge in [-0.15, -0.1) is 10.2 Å². The summed E-state index contributed by atoms with van der Waals surface area (Å²) in [6.07, 6.45) is 2.68. The van der Waals surface area contributed by atoms with Gasteiger partial charge >= 0.3 is 0 Å². The number of aromatic nitrogens is 2. The average molecular weight is 380 g/mol. The van der Waals surface area contributed by atoms with Gasteiger partial charge in [0.15, 0.2) is 0 Å². The molecule has 2 heterocycles. The average Bonchev–Trinajstić information content (AvgIpc) is 3.01. The zero-order valence-electron chi connectivity index (χ0n) is 14.3. The number of aryl methyl sites for hydroxylation is 1. The van der Waals surface area contributed by atoms with Crippen molar-refractivity contribution in [2.75, 3.05) is 22.4 Å². The maximum absolute atomic E-state index is 12.5. The number of amides is 1. The van der Waals surface area contributed by atoms with Crippen LogP contribution in [0.2, 0.25) is 0 Å². The van der Waals surface area contributed by atoms with E-state index in [1.807, 2.05) is 13.8 Å². The van der Waals surface area contributed by atoms with Crippen LogP contribution in [0.1, 0.15) is 47.1 Å². The zero-order chi connectivity index (χ0) is 18.2. The number of hydrogen-bond acceptors (Lipinski definition) is 6. The predicted molar refractivity (Wildman–Crippen MR) is 98.9 cm³/mol. The van der Waals surface area contributed by atoms with Crippen molar-refractivity contribution >= 4 is 38.1 Å². The van der Waals surface area contributed by atoms with E-state index < -0.39 is 10.0 Å². The molecular weight excluding hydrogens is 360 g/mol. The first-order valence-corrected chi connectivity index (χ1v) is 10.7. The van der Waals surface area contributed by atoms with Gasteiger partial charge in [-0.2, -0.15) is 0 Å². The van der Waals surface area contributed by atoms with E-state index in [0.717, 1.165) is 23.4 Å². The summed E-state index contributed by atoms with van der Waals surface area (Å²) >= 11 is 1.35. The molecule has 0 radical (unpaired) electrons. The molecule has 7 nitrogen and oxygen atoms in total. The Morgan fingerprint density at radius 1 is 1.32 bits per heavy atom. The molecule has 0 atom stereocenters. The number of fused-ring (bicyclic) bond motifs is 1. The highest BCUT2D eigenvalue weighted by molar-refractivity contribution is 7.92. The minimum absolute atomic E-state index is 0.258. The lowest BCUT2D eigenvalue weighted by molar-refractivity contribution is 0.102. The van der Waals surface area contributed by atoms with Gasteiger partial charge in [0.2, 0.25) is 15.2 Å². The van der Waals surface area contributed by atoms with E-state index in [4.69, 9.17) is 0 Å². The smallest absolute Gasteiger partial charge is 0.257 e. The number of benzene rings is 1. The first-order chi connectivity index (χ1) is 11.8. The molecular formula is C16H20N4O3S2. The van der Waals surface area contributed by atoms with Crippen molar-refractivity contribution in [3.05, 3.63) is 34.3 Å². The fourth-order valence-corrected chi connectivity index (χ4v) is 4.47. The van der Waals surface area contributed by atoms with Crippen LogP contribution in [-0.4, -0.2) is 37.3 Å². The van der Waals surface area contributed by atoms with E-state index in [0.29, 0.717) is 22.9 Å². The van der Waals surface area contributed by atoms with Gasteiger partial charge in [0, 0.05) is 18.0 Å². The van der Waals surface area contributed by atoms with Crippen LogP contribution in [-0.2, 0) is 16.4 Å². The molecule has 1 aromatic heterocycles. The number of sulfonamides is 1. The van der Waals surface area contributed by atoms with E-state index in [2.05, 4.69) is 15.5 Å². The zero-order valence-corrected chi connectivity index (χ0v) is 15.9. The second-order valence-electron chi connectivity index (χ2n) is 6.34. The lowest BCUT2D eigenvalue weighted by atomic mass is 10.0. The van der Waals surface area contributed by atoms with Crippen molar-refractivity contribution in [1.29, 1.82) is 0 Å². The van der Waals surface area contributed by atoms with Gasteiger partial charge < -0.3 is 0 Å². The van der Waals surface area contributed by atoms with Crippen LogP contribution in [0.15, 0.2) is 18.2 Å². The highest BCUT2D eigenvalue weighted by Crippen LogP contribution is 2.30. The highest BCUT2D eigenvalue weighted by Gasteiger charge is 2.24. The van der Waals surface area contributed by atoms with E-state index in [9.17, 15) is 13.2 Å². The van der Waals surface area contributed by atoms with Gasteiger partial charge in [-0.3, -0.25) is 14.4 Å². The topological polar surface area (TPSA) is 92.3 Å². The molecule has 0 saturated heterocycles. The summed E-state index contributed by atoms with van der Waals surface area (Å²) in [4.78, 5) is 12.5. The Bertz CT molecular complexity index is 906. The number of anilines is 2. The summed E-state index contributed by atoms with van der Waals surface area (Å²) in [5, 5.41) is 12.1. The Kier molecular flexibility index (Phi) is 4.79. The van der Waals surface area contributed by atoms with Gasteiger partial charge in [-0.25, -0.2) is 8.42 Å². The second-order valence-corrected chi connectivity index (χ2v) is 9.25. The molecule has 2 aromatic rings. The molecule has 3 rings (SSSR count). The maximum atomic E-state index is 12.5. The number of rotatable bonds is 4. The molecule has 0 spiro atoms. The third-order valence-electron chi connectivity index (χ3n) is 3.97. The molecule has 25 heavy (non-hydrogen) atoms. The molecule has 1 aromatic carbocycles. The van der Waals surface area contributed by atoms with E-state index in [1.54, 1.807) is 18.2 Å². The Balaban J connectivity index is 1.82. The van der Waals surface area contributed by atoms with Crippen LogP contribution in [0, 0.1) is 0 Å². The Morgan fingerprint density at radius 3 is 2.72 bits per heavy atom. The second kappa shape index (κ2) is 6.72. The van der Waals surface area contributed by atoms with Crippen LogP contribution in [0.3, 0.4) is 0 Å². The summed E-state index contributed by atoms with van der Waals surface area (Å²) in [5.41, 5.74) is 2.00. The molecule has 0 bridgehead atoms. The quantitative estimate of drug-likeness (QED) is 0.880. The molecule has 0 fully saturated rings. The Hall–Kier alpha value is -2.00. The molecule has 0 saturated carbocycles. The first kappa shape index (κ1) is 17.8. The first-order valence-electron chi connectivity index (χ1n) is 8.01. The molecule has 1 amide bonds. The summed E-state index contributed by atoms with van der Waals surface area (Å²) < 4.78 is 25.2. The van der Waals surface area contributed by atoms with Crippen molar-refractivity contribution in [1.82, 2.24) is 10.2 Å². The van der Waals surface area contributed by atoms with Crippen LogP contribution in [0.5, 0.6) is 0 Å². The number of nitrogens with zero attached hydrogens (tertiary/aromatic N) is 3. The molecule has 0 aliphatic carbocycles. The third-order valence-corrected chi connectivity index (χ3v) is 6.29. The number of nitrogens with one attached hydrogen (secondary N) is 1. The van der Waals surface area contributed by atoms with E-state index >= 15 is 0 Å². The molecule has 1 aliphatic rings. The van der Waals surface area contributed by atoms with Gasteiger partial charge in [0.25, 0.3) is 5.91 Å². The summed E-state index contributed by atoms with van der Waals surface area (Å²) in [6, 6.07) is 5.10. The molecule has 134 valence electrons. The van der Waals surface area contributed by atoms with Crippen molar-refractivity contribution in [2.45, 2.75) is 32.6 Å². The van der Waals surface area contributed by atoms with Crippen molar-refractivity contribution in [2.24, 2.45) is 0 Å². The van der Waals surface area contributed by atoms with Crippen LogP contribution in [0.4, 0.5) is 10.8 Å². The molecule has 0 unspecified atom stereocenters. The fourth-order valence-electron chi connectivity index (χ4n) is 2.74. The van der Waals surface area contributed by atoms with Crippen LogP contribution < -0.4 is 9.62 Å². The van der Waals surface area contributed by atoms with Crippen molar-refractivity contribution in [3.8, 4) is 0 Å². The summed E-state index contributed by atoms with van der Waals surface area (Å²) in [5.74, 6) is -0.0143. The van der Waals surface area contributed by atoms with Crippen LogP contribution in [0.25, 0.3) is 0 Å². The van der Waals surface area contributed by atoms with Crippen LogP contribution >= 0.6 is 11.3 Å². The minimum atomic E-state index is -3.31. The van der Waals surface area contributed by atoms with Crippen molar-refractivity contribution < 1.29 is 13.2 Å². The largest absolute Gasteiger partial charge is 0.296 e. The third kappa shape index (κ3) is 3.82. The number of carbonyl (C=O) groups is 1. The van der Waals surface area contributed by atoms with Crippen molar-refractivity contribution in [3.63, 3.8) is 0 Å². The summed E-state index contributed by atoms with van der Waals surface area (Å²) in [6.45, 7) is 4.51. The number of carbonyl (C=O) groups excluding carboxylic acids is 1. The minimum Gasteiger partial charge on any atom is -0.296 e. The maximum Gasteiger partial charge on any atom is 0.257 e. The van der Waals surface area contributed by atoms with Gasteiger partial charge in [-0.1, -0.05) is 25.2 Å². The van der Waals surface area contributed by atoms with E-state index in [1.165, 1.54) is 21.9 Å². The number of hydrogen-bond donors (Lipinski definition) is 1. The monoisotopic (exact) mass is 380 g/mol. The predicted octanol–water partition coefficient (Wildman–Crippen LogP) is 2.63. The van der Waals surface area contributed by atoms with Gasteiger partial charge in [-0.05, 0) is 36.6 Å². The lowest BCUT2D eigenvalue weighted by Crippen LogP contribution is -2.34. The Morgan fingerprint density at radius 2 is 2.08 bits per heavy atom. The highest BCUT2D eigenvalue weighted by atomic mass is 32.2. The SMILES string of the molecule is CC(C)c1nnc(NC(=O)c2ccc3c(c2)CCCN3S(C)(=O)=O)s1. The molecule has 9 heteroatoms. The summed E-state index contributed by atoms with van der Waals surface area (Å²) in [7, 11) is -3.31.